The molecule has 1 aromatic carbocycles. The largest absolute Gasteiger partial charge is 0.445 e. The summed E-state index contributed by atoms with van der Waals surface area (Å²) in [7, 11) is 0. The van der Waals surface area contributed by atoms with Crippen LogP contribution >= 0.6 is 22.7 Å². The van der Waals surface area contributed by atoms with E-state index in [9.17, 15) is 9.59 Å². The Hall–Kier alpha value is -2.71. The van der Waals surface area contributed by atoms with Gasteiger partial charge >= 0.3 is 6.09 Å². The van der Waals surface area contributed by atoms with Crippen LogP contribution in [0.2, 0.25) is 0 Å². The lowest BCUT2D eigenvalue weighted by Gasteiger charge is -2.13. The summed E-state index contributed by atoms with van der Waals surface area (Å²) in [6, 6.07) is 12.6. The number of nitrogens with zero attached hydrogens (tertiary/aromatic N) is 1. The molecular weight excluding hydrogens is 382 g/mol. The topological polar surface area (TPSA) is 80.3 Å². The van der Waals surface area contributed by atoms with Gasteiger partial charge < -0.3 is 15.4 Å². The van der Waals surface area contributed by atoms with Gasteiger partial charge in [0.05, 0.1) is 10.6 Å². The fraction of sp³-hybridized carbons (Fsp3) is 0.211. The molecule has 0 saturated carbocycles. The Balaban J connectivity index is 1.49. The Morgan fingerprint density at radius 2 is 1.96 bits per heavy atom. The van der Waals surface area contributed by atoms with Crippen molar-refractivity contribution >= 4 is 39.8 Å². The third kappa shape index (κ3) is 5.38. The van der Waals surface area contributed by atoms with Gasteiger partial charge in [-0.3, -0.25) is 4.79 Å². The van der Waals surface area contributed by atoms with Gasteiger partial charge in [0.15, 0.2) is 5.13 Å². The SMILES string of the molecule is Cc1ccc(-c2csc(NC(=O)[C@H](C)NC(=O)OCc3ccccc3)n2)s1. The van der Waals surface area contributed by atoms with E-state index in [0.29, 0.717) is 5.13 Å². The smallest absolute Gasteiger partial charge is 0.408 e. The van der Waals surface area contributed by atoms with Crippen molar-refractivity contribution in [3.8, 4) is 10.6 Å². The second-order valence-corrected chi connectivity index (χ2v) is 8.01. The first-order chi connectivity index (χ1) is 13.0. The maximum absolute atomic E-state index is 12.3. The molecule has 0 unspecified atom stereocenters. The zero-order valence-electron chi connectivity index (χ0n) is 14.9. The normalized spacial score (nSPS) is 11.6. The van der Waals surface area contributed by atoms with Crippen LogP contribution in [-0.4, -0.2) is 23.0 Å². The summed E-state index contributed by atoms with van der Waals surface area (Å²) < 4.78 is 5.12. The van der Waals surface area contributed by atoms with Gasteiger partial charge in [0.2, 0.25) is 5.91 Å². The summed E-state index contributed by atoms with van der Waals surface area (Å²) in [5.74, 6) is -0.352. The number of amides is 2. The number of alkyl carbamates (subject to hydrolysis) is 1. The number of ether oxygens (including phenoxy) is 1. The van der Waals surface area contributed by atoms with Gasteiger partial charge in [0.1, 0.15) is 12.6 Å². The quantitative estimate of drug-likeness (QED) is 0.640. The third-order valence-electron chi connectivity index (χ3n) is 3.67. The Kier molecular flexibility index (Phi) is 6.20. The molecule has 2 heterocycles. The van der Waals surface area contributed by atoms with Crippen LogP contribution < -0.4 is 10.6 Å². The van der Waals surface area contributed by atoms with Crippen LogP contribution in [0.25, 0.3) is 10.6 Å². The number of benzene rings is 1. The van der Waals surface area contributed by atoms with E-state index in [2.05, 4.69) is 15.6 Å². The molecule has 6 nitrogen and oxygen atoms in total. The summed E-state index contributed by atoms with van der Waals surface area (Å²) in [5, 5.41) is 7.63. The van der Waals surface area contributed by atoms with E-state index in [-0.39, 0.29) is 12.5 Å². The monoisotopic (exact) mass is 401 g/mol. The second kappa shape index (κ2) is 8.79. The zero-order chi connectivity index (χ0) is 19.2. The van der Waals surface area contributed by atoms with Crippen molar-refractivity contribution in [3.63, 3.8) is 0 Å². The second-order valence-electron chi connectivity index (χ2n) is 5.87. The van der Waals surface area contributed by atoms with Crippen molar-refractivity contribution < 1.29 is 14.3 Å². The number of rotatable bonds is 6. The van der Waals surface area contributed by atoms with E-state index in [4.69, 9.17) is 4.74 Å². The molecule has 8 heteroatoms. The zero-order valence-corrected chi connectivity index (χ0v) is 16.5. The summed E-state index contributed by atoms with van der Waals surface area (Å²) in [4.78, 5) is 30.8. The van der Waals surface area contributed by atoms with Crippen LogP contribution in [-0.2, 0) is 16.1 Å². The number of anilines is 1. The number of aromatic nitrogens is 1. The molecule has 0 fully saturated rings. The summed E-state index contributed by atoms with van der Waals surface area (Å²) >= 11 is 2.99. The average molecular weight is 402 g/mol. The number of aryl methyl sites for hydroxylation is 1. The van der Waals surface area contributed by atoms with Crippen molar-refractivity contribution in [2.24, 2.45) is 0 Å². The molecule has 0 spiro atoms. The van der Waals surface area contributed by atoms with Gasteiger partial charge in [-0.1, -0.05) is 30.3 Å². The van der Waals surface area contributed by atoms with Gasteiger partial charge in [-0.15, -0.1) is 22.7 Å². The highest BCUT2D eigenvalue weighted by Crippen LogP contribution is 2.30. The molecule has 0 aliphatic heterocycles. The van der Waals surface area contributed by atoms with Crippen LogP contribution in [0, 0.1) is 6.92 Å². The lowest BCUT2D eigenvalue weighted by Crippen LogP contribution is -2.41. The highest BCUT2D eigenvalue weighted by Gasteiger charge is 2.18. The summed E-state index contributed by atoms with van der Waals surface area (Å²) in [5.41, 5.74) is 1.71. The van der Waals surface area contributed by atoms with Crippen LogP contribution in [0.3, 0.4) is 0 Å². The molecule has 3 aromatic rings. The van der Waals surface area contributed by atoms with E-state index in [1.165, 1.54) is 16.2 Å². The molecule has 2 N–H and O–H groups in total. The molecule has 140 valence electrons. The van der Waals surface area contributed by atoms with Crippen LogP contribution in [0.5, 0.6) is 0 Å². The number of carbonyl (C=O) groups excluding carboxylic acids is 2. The Labute approximate surface area is 165 Å². The number of hydrogen-bond acceptors (Lipinski definition) is 6. The Morgan fingerprint density at radius 3 is 2.67 bits per heavy atom. The van der Waals surface area contributed by atoms with Crippen molar-refractivity contribution in [2.45, 2.75) is 26.5 Å². The van der Waals surface area contributed by atoms with E-state index < -0.39 is 12.1 Å². The minimum absolute atomic E-state index is 0.150. The highest BCUT2D eigenvalue weighted by molar-refractivity contribution is 7.17. The predicted octanol–water partition coefficient (Wildman–Crippen LogP) is 4.43. The minimum atomic E-state index is -0.746. The molecule has 0 radical (unpaired) electrons. The fourth-order valence-electron chi connectivity index (χ4n) is 2.24. The van der Waals surface area contributed by atoms with Crippen molar-refractivity contribution in [3.05, 3.63) is 58.3 Å². The fourth-order valence-corrected chi connectivity index (χ4v) is 3.85. The van der Waals surface area contributed by atoms with Gasteiger partial charge in [-0.2, -0.15) is 0 Å². The van der Waals surface area contributed by atoms with Crippen LogP contribution in [0.15, 0.2) is 47.8 Å². The van der Waals surface area contributed by atoms with Crippen molar-refractivity contribution in [2.75, 3.05) is 5.32 Å². The van der Waals surface area contributed by atoms with Gasteiger partial charge in [-0.05, 0) is 31.5 Å². The third-order valence-corrected chi connectivity index (χ3v) is 5.45. The number of nitrogens with one attached hydrogen (secondary N) is 2. The summed E-state index contributed by atoms with van der Waals surface area (Å²) in [6.07, 6.45) is -0.643. The standard InChI is InChI=1S/C19H19N3O3S2/c1-12-8-9-16(27-12)15-11-26-18(21-15)22-17(23)13(2)20-19(24)25-10-14-6-4-3-5-7-14/h3-9,11,13H,10H2,1-2H3,(H,20,24)(H,21,22,23)/t13-/m0/s1. The molecule has 0 saturated heterocycles. The van der Waals surface area contributed by atoms with Gasteiger partial charge in [0, 0.05) is 10.3 Å². The first kappa shape index (κ1) is 19.1. The molecule has 0 aliphatic carbocycles. The lowest BCUT2D eigenvalue weighted by atomic mass is 10.2. The molecule has 2 aromatic heterocycles. The highest BCUT2D eigenvalue weighted by atomic mass is 32.1. The molecule has 0 aliphatic rings. The predicted molar refractivity (Wildman–Crippen MR) is 108 cm³/mol. The molecule has 1 atom stereocenters. The van der Waals surface area contributed by atoms with E-state index in [0.717, 1.165) is 16.1 Å². The van der Waals surface area contributed by atoms with Crippen molar-refractivity contribution in [1.82, 2.24) is 10.3 Å². The van der Waals surface area contributed by atoms with E-state index in [1.807, 2.05) is 54.8 Å². The van der Waals surface area contributed by atoms with Gasteiger partial charge in [0.25, 0.3) is 0 Å². The molecule has 2 amide bonds. The minimum Gasteiger partial charge on any atom is -0.445 e. The molecular formula is C19H19N3O3S2. The van der Waals surface area contributed by atoms with Crippen LogP contribution in [0.4, 0.5) is 9.93 Å². The van der Waals surface area contributed by atoms with Crippen LogP contribution in [0.1, 0.15) is 17.4 Å². The maximum atomic E-state index is 12.3. The Bertz CT molecular complexity index is 921. The van der Waals surface area contributed by atoms with Gasteiger partial charge in [-0.25, -0.2) is 9.78 Å². The maximum Gasteiger partial charge on any atom is 0.408 e. The number of hydrogen-bond donors (Lipinski definition) is 2. The molecule has 27 heavy (non-hydrogen) atoms. The van der Waals surface area contributed by atoms with E-state index >= 15 is 0 Å². The number of thiazole rings is 1. The number of thiophene rings is 1. The van der Waals surface area contributed by atoms with E-state index in [1.54, 1.807) is 18.3 Å². The molecule has 3 rings (SSSR count). The Morgan fingerprint density at radius 1 is 1.19 bits per heavy atom. The lowest BCUT2D eigenvalue weighted by molar-refractivity contribution is -0.117. The number of carbonyl (C=O) groups is 2. The summed E-state index contributed by atoms with van der Waals surface area (Å²) in [6.45, 7) is 3.78. The molecule has 0 bridgehead atoms. The van der Waals surface area contributed by atoms with Crippen molar-refractivity contribution in [1.29, 1.82) is 0 Å². The first-order valence-corrected chi connectivity index (χ1v) is 10.0. The average Bonchev–Trinajstić information content (AvgIpc) is 3.29. The first-order valence-electron chi connectivity index (χ1n) is 8.31.